The third kappa shape index (κ3) is 4.82. The molecule has 3 aromatic rings. The van der Waals surface area contributed by atoms with Crippen LogP contribution in [0.3, 0.4) is 0 Å². The van der Waals surface area contributed by atoms with Gasteiger partial charge in [-0.2, -0.15) is 4.98 Å². The molecule has 0 bridgehead atoms. The zero-order valence-electron chi connectivity index (χ0n) is 15.1. The second kappa shape index (κ2) is 8.32. The van der Waals surface area contributed by atoms with Gasteiger partial charge in [0.05, 0.1) is 0 Å². The van der Waals surface area contributed by atoms with Crippen molar-refractivity contribution in [1.29, 1.82) is 0 Å². The molecule has 0 radical (unpaired) electrons. The van der Waals surface area contributed by atoms with Crippen molar-refractivity contribution in [1.82, 2.24) is 9.97 Å². The van der Waals surface area contributed by atoms with Crippen LogP contribution in [-0.4, -0.2) is 9.97 Å². The van der Waals surface area contributed by atoms with Crippen LogP contribution in [0.2, 0.25) is 0 Å². The van der Waals surface area contributed by atoms with E-state index in [1.807, 2.05) is 37.3 Å². The van der Waals surface area contributed by atoms with E-state index in [-0.39, 0.29) is 5.82 Å². The summed E-state index contributed by atoms with van der Waals surface area (Å²) < 4.78 is 19.3. The van der Waals surface area contributed by atoms with E-state index in [4.69, 9.17) is 4.74 Å². The van der Waals surface area contributed by atoms with Gasteiger partial charge in [0.2, 0.25) is 5.88 Å². The average molecular weight is 368 g/mol. The maximum Gasteiger partial charge on any atom is 0.223 e. The molecule has 0 amide bonds. The number of ether oxygens (including phenoxy) is 1. The fourth-order valence-electron chi connectivity index (χ4n) is 2.42. The van der Waals surface area contributed by atoms with Crippen LogP contribution in [0.15, 0.2) is 53.7 Å². The van der Waals surface area contributed by atoms with Crippen molar-refractivity contribution >= 4 is 11.8 Å². The highest BCUT2D eigenvalue weighted by atomic mass is 32.2. The topological polar surface area (TPSA) is 35.0 Å². The van der Waals surface area contributed by atoms with Crippen molar-refractivity contribution in [2.24, 2.45) is 0 Å². The van der Waals surface area contributed by atoms with Crippen molar-refractivity contribution in [3.63, 3.8) is 0 Å². The molecule has 3 rings (SSSR count). The van der Waals surface area contributed by atoms with Gasteiger partial charge in [-0.05, 0) is 61.2 Å². The third-order valence-corrected chi connectivity index (χ3v) is 4.97. The van der Waals surface area contributed by atoms with Crippen LogP contribution in [-0.2, 0) is 12.2 Å². The van der Waals surface area contributed by atoms with Crippen LogP contribution in [0.4, 0.5) is 4.39 Å². The quantitative estimate of drug-likeness (QED) is 0.402. The van der Waals surface area contributed by atoms with Crippen molar-refractivity contribution < 1.29 is 9.13 Å². The Hall–Kier alpha value is -2.40. The van der Waals surface area contributed by atoms with Crippen molar-refractivity contribution in [2.45, 2.75) is 38.1 Å². The third-order valence-electron chi connectivity index (χ3n) is 4.06. The largest absolute Gasteiger partial charge is 0.439 e. The first-order valence-electron chi connectivity index (χ1n) is 8.54. The lowest BCUT2D eigenvalue weighted by molar-refractivity contribution is 0.453. The van der Waals surface area contributed by atoms with Crippen molar-refractivity contribution in [3.05, 3.63) is 76.7 Å². The summed E-state index contributed by atoms with van der Waals surface area (Å²) in [5.74, 6) is 1.66. The Kier molecular flexibility index (Phi) is 5.89. The number of thioether (sulfide) groups is 1. The Bertz CT molecular complexity index is 914. The van der Waals surface area contributed by atoms with Crippen LogP contribution in [0.1, 0.15) is 29.3 Å². The molecule has 0 atom stereocenters. The van der Waals surface area contributed by atoms with E-state index in [0.29, 0.717) is 16.8 Å². The number of aromatic nitrogens is 2. The lowest BCUT2D eigenvalue weighted by atomic mass is 10.1. The molecule has 0 saturated heterocycles. The molecule has 3 nitrogen and oxygen atoms in total. The minimum absolute atomic E-state index is 0.231. The number of hydrogen-bond donors (Lipinski definition) is 0. The highest BCUT2D eigenvalue weighted by molar-refractivity contribution is 7.98. The molecule has 0 fully saturated rings. The Labute approximate surface area is 157 Å². The summed E-state index contributed by atoms with van der Waals surface area (Å²) in [5, 5.41) is 0.632. The van der Waals surface area contributed by atoms with Gasteiger partial charge in [0.1, 0.15) is 11.6 Å². The molecule has 134 valence electrons. The summed E-state index contributed by atoms with van der Waals surface area (Å²) in [6.45, 7) is 6.17. The highest BCUT2D eigenvalue weighted by Gasteiger charge is 2.08. The van der Waals surface area contributed by atoms with E-state index in [9.17, 15) is 4.39 Å². The average Bonchev–Trinajstić information content (AvgIpc) is 2.63. The summed E-state index contributed by atoms with van der Waals surface area (Å²) in [6, 6.07) is 14.4. The number of hydrogen-bond acceptors (Lipinski definition) is 4. The minimum atomic E-state index is -0.231. The predicted octanol–water partition coefficient (Wildman–Crippen LogP) is 5.88. The van der Waals surface area contributed by atoms with E-state index in [1.54, 1.807) is 6.07 Å². The molecular weight excluding hydrogens is 347 g/mol. The first kappa shape index (κ1) is 18.4. The standard InChI is InChI=1S/C21H21FN2OS/c1-4-18-12-20(25-19-9-8-14(2)15(3)10-19)24-21(23-18)26-13-16-6-5-7-17(22)11-16/h5-12H,4,13H2,1-3H3. The molecule has 0 unspecified atom stereocenters. The van der Waals surface area contributed by atoms with Crippen LogP contribution in [0, 0.1) is 19.7 Å². The maximum atomic E-state index is 13.3. The van der Waals surface area contributed by atoms with E-state index in [2.05, 4.69) is 23.8 Å². The van der Waals surface area contributed by atoms with Gasteiger partial charge < -0.3 is 4.74 Å². The summed E-state index contributed by atoms with van der Waals surface area (Å²) >= 11 is 1.47. The van der Waals surface area contributed by atoms with Gasteiger partial charge in [-0.3, -0.25) is 0 Å². The van der Waals surface area contributed by atoms with Gasteiger partial charge in [0.15, 0.2) is 5.16 Å². The van der Waals surface area contributed by atoms with Crippen LogP contribution >= 0.6 is 11.8 Å². The molecule has 0 aliphatic heterocycles. The Balaban J connectivity index is 1.78. The second-order valence-electron chi connectivity index (χ2n) is 6.10. The molecule has 0 aliphatic rings. The summed E-state index contributed by atoms with van der Waals surface area (Å²) in [4.78, 5) is 9.04. The van der Waals surface area contributed by atoms with Gasteiger partial charge in [0, 0.05) is 17.5 Å². The first-order valence-corrected chi connectivity index (χ1v) is 9.52. The second-order valence-corrected chi connectivity index (χ2v) is 7.04. The summed E-state index contributed by atoms with van der Waals surface area (Å²) in [7, 11) is 0. The monoisotopic (exact) mass is 368 g/mol. The van der Waals surface area contributed by atoms with Crippen molar-refractivity contribution in [2.75, 3.05) is 0 Å². The first-order chi connectivity index (χ1) is 12.5. The molecule has 0 aliphatic carbocycles. The molecule has 1 aromatic heterocycles. The fraction of sp³-hybridized carbons (Fsp3) is 0.238. The zero-order valence-corrected chi connectivity index (χ0v) is 15.9. The highest BCUT2D eigenvalue weighted by Crippen LogP contribution is 2.26. The zero-order chi connectivity index (χ0) is 18.5. The number of rotatable bonds is 6. The number of benzene rings is 2. The van der Waals surface area contributed by atoms with Gasteiger partial charge in [-0.15, -0.1) is 0 Å². The number of aryl methyl sites for hydroxylation is 3. The van der Waals surface area contributed by atoms with E-state index < -0.39 is 0 Å². The van der Waals surface area contributed by atoms with Gasteiger partial charge in [-0.25, -0.2) is 9.37 Å². The van der Waals surface area contributed by atoms with Gasteiger partial charge in [-0.1, -0.05) is 36.9 Å². The fourth-order valence-corrected chi connectivity index (χ4v) is 3.23. The van der Waals surface area contributed by atoms with Gasteiger partial charge >= 0.3 is 0 Å². The Morgan fingerprint density at radius 2 is 1.85 bits per heavy atom. The molecular formula is C21H21FN2OS. The Morgan fingerprint density at radius 1 is 1.00 bits per heavy atom. The normalized spacial score (nSPS) is 10.8. The smallest absolute Gasteiger partial charge is 0.223 e. The van der Waals surface area contributed by atoms with Gasteiger partial charge in [0.25, 0.3) is 0 Å². The van der Waals surface area contributed by atoms with Crippen molar-refractivity contribution in [3.8, 4) is 11.6 Å². The molecule has 2 aromatic carbocycles. The van der Waals surface area contributed by atoms with E-state index in [1.165, 1.54) is 35.0 Å². The molecule has 5 heteroatoms. The number of halogens is 1. The van der Waals surface area contributed by atoms with E-state index >= 15 is 0 Å². The maximum absolute atomic E-state index is 13.3. The molecule has 26 heavy (non-hydrogen) atoms. The van der Waals surface area contributed by atoms with Crippen LogP contribution in [0.5, 0.6) is 11.6 Å². The molecule has 1 heterocycles. The molecule has 0 spiro atoms. The SMILES string of the molecule is CCc1cc(Oc2ccc(C)c(C)c2)nc(SCc2cccc(F)c2)n1. The van der Waals surface area contributed by atoms with E-state index in [0.717, 1.165) is 23.4 Å². The lowest BCUT2D eigenvalue weighted by Gasteiger charge is -2.10. The number of nitrogens with zero attached hydrogens (tertiary/aromatic N) is 2. The minimum Gasteiger partial charge on any atom is -0.439 e. The lowest BCUT2D eigenvalue weighted by Crippen LogP contribution is -1.98. The summed E-state index contributed by atoms with van der Waals surface area (Å²) in [6.07, 6.45) is 0.791. The molecule has 0 N–H and O–H groups in total. The molecule has 0 saturated carbocycles. The van der Waals surface area contributed by atoms with Crippen LogP contribution in [0.25, 0.3) is 0 Å². The Morgan fingerprint density at radius 3 is 2.58 bits per heavy atom. The predicted molar refractivity (Wildman–Crippen MR) is 103 cm³/mol. The van der Waals surface area contributed by atoms with Crippen LogP contribution < -0.4 is 4.74 Å². The summed E-state index contributed by atoms with van der Waals surface area (Å²) in [5.41, 5.74) is 4.21.